The van der Waals surface area contributed by atoms with Crippen molar-refractivity contribution in [2.45, 2.75) is 12.8 Å². The Bertz CT molecular complexity index is 662. The van der Waals surface area contributed by atoms with Crippen LogP contribution < -0.4 is 9.47 Å². The van der Waals surface area contributed by atoms with Crippen LogP contribution in [0.25, 0.3) is 0 Å². The Hall–Kier alpha value is -2.29. The Labute approximate surface area is 125 Å². The number of hydrogen-bond acceptors (Lipinski definition) is 3. The first-order chi connectivity index (χ1) is 10.3. The molecule has 0 spiro atoms. The van der Waals surface area contributed by atoms with Crippen molar-refractivity contribution < 1.29 is 9.47 Å². The number of ether oxygens (including phenoxy) is 2. The number of methoxy groups -OCH3 is 2. The maximum Gasteiger partial charge on any atom is 0.161 e. The van der Waals surface area contributed by atoms with E-state index >= 15 is 0 Å². The molecule has 0 saturated heterocycles. The van der Waals surface area contributed by atoms with Crippen LogP contribution in [0.1, 0.15) is 23.1 Å². The number of aryl methyl sites for hydroxylation is 1. The van der Waals surface area contributed by atoms with Crippen LogP contribution in [-0.2, 0) is 6.42 Å². The highest BCUT2D eigenvalue weighted by Gasteiger charge is 2.18. The van der Waals surface area contributed by atoms with Crippen molar-refractivity contribution in [1.82, 2.24) is 0 Å². The number of nitrogens with zero attached hydrogens (tertiary/aromatic N) is 1. The molecule has 0 bridgehead atoms. The molecule has 0 N–H and O–H groups in total. The van der Waals surface area contributed by atoms with Gasteiger partial charge in [0.2, 0.25) is 0 Å². The average molecular weight is 281 g/mol. The zero-order valence-corrected chi connectivity index (χ0v) is 12.4. The summed E-state index contributed by atoms with van der Waals surface area (Å²) in [5.74, 6) is 1.53. The third-order valence-corrected chi connectivity index (χ3v) is 3.79. The van der Waals surface area contributed by atoms with Crippen LogP contribution in [0.3, 0.4) is 0 Å². The SMILES string of the molecule is COc1cc2c(cc1OC)C(c1ccccc1)=NCCC2. The minimum absolute atomic E-state index is 0.752. The first kappa shape index (κ1) is 13.7. The van der Waals surface area contributed by atoms with Gasteiger partial charge in [-0.2, -0.15) is 0 Å². The lowest BCUT2D eigenvalue weighted by Crippen LogP contribution is -2.07. The Morgan fingerprint density at radius 1 is 0.952 bits per heavy atom. The van der Waals surface area contributed by atoms with Crippen LogP contribution in [0, 0.1) is 0 Å². The quantitative estimate of drug-likeness (QED) is 0.862. The fraction of sp³-hybridized carbons (Fsp3) is 0.278. The molecule has 0 saturated carbocycles. The van der Waals surface area contributed by atoms with Gasteiger partial charge in [0, 0.05) is 17.7 Å². The Morgan fingerprint density at radius 2 is 1.67 bits per heavy atom. The van der Waals surface area contributed by atoms with Gasteiger partial charge in [-0.25, -0.2) is 0 Å². The van der Waals surface area contributed by atoms with Gasteiger partial charge < -0.3 is 9.47 Å². The summed E-state index contributed by atoms with van der Waals surface area (Å²) in [7, 11) is 3.34. The van der Waals surface area contributed by atoms with Gasteiger partial charge in [-0.05, 0) is 30.5 Å². The van der Waals surface area contributed by atoms with Gasteiger partial charge >= 0.3 is 0 Å². The summed E-state index contributed by atoms with van der Waals surface area (Å²) in [5.41, 5.74) is 4.61. The zero-order valence-electron chi connectivity index (χ0n) is 12.4. The van der Waals surface area contributed by atoms with Gasteiger partial charge in [0.1, 0.15) is 0 Å². The fourth-order valence-electron chi connectivity index (χ4n) is 2.74. The van der Waals surface area contributed by atoms with Gasteiger partial charge in [-0.3, -0.25) is 4.99 Å². The fourth-order valence-corrected chi connectivity index (χ4v) is 2.74. The average Bonchev–Trinajstić information content (AvgIpc) is 2.76. The third-order valence-electron chi connectivity index (χ3n) is 3.79. The summed E-state index contributed by atoms with van der Waals surface area (Å²) in [4.78, 5) is 4.79. The standard InChI is InChI=1S/C18H19NO2/c1-20-16-11-14-9-6-10-19-18(13-7-4-3-5-8-13)15(14)12-17(16)21-2/h3-5,7-8,11-12H,6,9-10H2,1-2H3. The summed E-state index contributed by atoms with van der Waals surface area (Å²) >= 11 is 0. The molecule has 3 heteroatoms. The molecule has 0 unspecified atom stereocenters. The smallest absolute Gasteiger partial charge is 0.161 e. The molecule has 0 fully saturated rings. The van der Waals surface area contributed by atoms with E-state index in [0.717, 1.165) is 47.7 Å². The molecule has 1 aliphatic rings. The minimum Gasteiger partial charge on any atom is -0.493 e. The second kappa shape index (κ2) is 6.00. The van der Waals surface area contributed by atoms with Crippen molar-refractivity contribution >= 4 is 5.71 Å². The first-order valence-electron chi connectivity index (χ1n) is 7.18. The highest BCUT2D eigenvalue weighted by Crippen LogP contribution is 2.33. The van der Waals surface area contributed by atoms with Crippen LogP contribution in [0.5, 0.6) is 11.5 Å². The number of aliphatic imine (C=N–C) groups is 1. The van der Waals surface area contributed by atoms with Crippen molar-refractivity contribution in [2.24, 2.45) is 4.99 Å². The van der Waals surface area contributed by atoms with Crippen molar-refractivity contribution in [3.63, 3.8) is 0 Å². The Balaban J connectivity index is 2.16. The summed E-state index contributed by atoms with van der Waals surface area (Å²) in [6, 6.07) is 14.4. The van der Waals surface area contributed by atoms with E-state index in [0.29, 0.717) is 0 Å². The van der Waals surface area contributed by atoms with Crippen LogP contribution >= 0.6 is 0 Å². The van der Waals surface area contributed by atoms with Crippen molar-refractivity contribution in [3.8, 4) is 11.5 Å². The van der Waals surface area contributed by atoms with E-state index in [9.17, 15) is 0 Å². The number of hydrogen-bond donors (Lipinski definition) is 0. The van der Waals surface area contributed by atoms with Gasteiger partial charge in [0.25, 0.3) is 0 Å². The molecule has 2 aromatic rings. The van der Waals surface area contributed by atoms with E-state index in [-0.39, 0.29) is 0 Å². The van der Waals surface area contributed by atoms with Gasteiger partial charge in [0.15, 0.2) is 11.5 Å². The summed E-state index contributed by atoms with van der Waals surface area (Å²) in [6.07, 6.45) is 2.06. The highest BCUT2D eigenvalue weighted by atomic mass is 16.5. The largest absolute Gasteiger partial charge is 0.493 e. The lowest BCUT2D eigenvalue weighted by atomic mass is 9.95. The monoisotopic (exact) mass is 281 g/mol. The van der Waals surface area contributed by atoms with Crippen LogP contribution in [-0.4, -0.2) is 26.5 Å². The second-order valence-electron chi connectivity index (χ2n) is 5.06. The predicted molar refractivity (Wildman–Crippen MR) is 84.8 cm³/mol. The summed E-state index contributed by atoms with van der Waals surface area (Å²) < 4.78 is 10.9. The van der Waals surface area contributed by atoms with Crippen LogP contribution in [0.15, 0.2) is 47.5 Å². The molecular formula is C18H19NO2. The van der Waals surface area contributed by atoms with Gasteiger partial charge in [0.05, 0.1) is 19.9 Å². The molecule has 0 radical (unpaired) electrons. The van der Waals surface area contributed by atoms with Crippen LogP contribution in [0.4, 0.5) is 0 Å². The van der Waals surface area contributed by atoms with Crippen molar-refractivity contribution in [3.05, 3.63) is 59.2 Å². The third kappa shape index (κ3) is 2.64. The molecular weight excluding hydrogens is 262 g/mol. The van der Waals surface area contributed by atoms with E-state index in [1.165, 1.54) is 5.56 Å². The lowest BCUT2D eigenvalue weighted by Gasteiger charge is -2.15. The molecule has 21 heavy (non-hydrogen) atoms. The molecule has 1 aliphatic heterocycles. The second-order valence-corrected chi connectivity index (χ2v) is 5.06. The molecule has 108 valence electrons. The summed E-state index contributed by atoms with van der Waals surface area (Å²) in [5, 5.41) is 0. The molecule has 0 atom stereocenters. The summed E-state index contributed by atoms with van der Waals surface area (Å²) in [6.45, 7) is 0.851. The molecule has 1 heterocycles. The Kier molecular flexibility index (Phi) is 3.91. The molecule has 0 aliphatic carbocycles. The van der Waals surface area contributed by atoms with E-state index in [4.69, 9.17) is 14.5 Å². The zero-order chi connectivity index (χ0) is 14.7. The van der Waals surface area contributed by atoms with Crippen molar-refractivity contribution in [2.75, 3.05) is 20.8 Å². The Morgan fingerprint density at radius 3 is 2.38 bits per heavy atom. The van der Waals surface area contributed by atoms with E-state index in [1.807, 2.05) is 24.3 Å². The van der Waals surface area contributed by atoms with Gasteiger partial charge in [-0.1, -0.05) is 30.3 Å². The minimum atomic E-state index is 0.752. The molecule has 3 rings (SSSR count). The molecule has 2 aromatic carbocycles. The first-order valence-corrected chi connectivity index (χ1v) is 7.18. The normalized spacial score (nSPS) is 13.9. The maximum atomic E-state index is 5.45. The number of fused-ring (bicyclic) bond motifs is 1. The lowest BCUT2D eigenvalue weighted by molar-refractivity contribution is 0.354. The maximum absolute atomic E-state index is 5.45. The molecule has 0 amide bonds. The molecule has 0 aromatic heterocycles. The van der Waals surface area contributed by atoms with E-state index in [2.05, 4.69) is 18.2 Å². The number of benzene rings is 2. The van der Waals surface area contributed by atoms with E-state index in [1.54, 1.807) is 14.2 Å². The van der Waals surface area contributed by atoms with Crippen molar-refractivity contribution in [1.29, 1.82) is 0 Å². The molecule has 3 nitrogen and oxygen atoms in total. The predicted octanol–water partition coefficient (Wildman–Crippen LogP) is 3.49. The van der Waals surface area contributed by atoms with Crippen LogP contribution in [0.2, 0.25) is 0 Å². The topological polar surface area (TPSA) is 30.8 Å². The van der Waals surface area contributed by atoms with Gasteiger partial charge in [-0.15, -0.1) is 0 Å². The highest BCUT2D eigenvalue weighted by molar-refractivity contribution is 6.14. The van der Waals surface area contributed by atoms with E-state index < -0.39 is 0 Å². The number of rotatable bonds is 3.